The van der Waals surface area contributed by atoms with Gasteiger partial charge in [-0.15, -0.1) is 0 Å². The van der Waals surface area contributed by atoms with Crippen molar-refractivity contribution in [2.75, 3.05) is 17.9 Å². The molecule has 3 aromatic carbocycles. The van der Waals surface area contributed by atoms with Crippen LogP contribution in [0, 0.1) is 0 Å². The lowest BCUT2D eigenvalue weighted by Crippen LogP contribution is -2.11. The minimum atomic E-state index is -0.252. The molecule has 1 amide bonds. The summed E-state index contributed by atoms with van der Waals surface area (Å²) in [4.78, 5) is 17.4. The fourth-order valence-corrected chi connectivity index (χ4v) is 4.19. The van der Waals surface area contributed by atoms with Crippen LogP contribution in [0.15, 0.2) is 76.3 Å². The highest BCUT2D eigenvalue weighted by molar-refractivity contribution is 9.10. The number of benzene rings is 3. The van der Waals surface area contributed by atoms with Crippen LogP contribution in [0.1, 0.15) is 15.9 Å². The number of nitrogens with one attached hydrogen (secondary N) is 2. The average molecular weight is 558 g/mol. The number of phenolic OH excluding ortho intramolecular Hbond substituents is 1. The number of hydrazone groups is 1. The highest BCUT2D eigenvalue weighted by Crippen LogP contribution is 2.36. The van der Waals surface area contributed by atoms with Gasteiger partial charge in [0.15, 0.2) is 11.5 Å². The molecule has 172 valence electrons. The Labute approximate surface area is 213 Å². The van der Waals surface area contributed by atoms with E-state index in [0.29, 0.717) is 32.2 Å². The molecule has 0 atom stereocenters. The van der Waals surface area contributed by atoms with Crippen LogP contribution in [-0.4, -0.2) is 29.3 Å². The summed E-state index contributed by atoms with van der Waals surface area (Å²) in [6.45, 7) is 0. The molecule has 10 heteroatoms. The number of nitrogens with zero attached hydrogens (tertiary/aromatic N) is 2. The normalized spacial score (nSPS) is 10.9. The van der Waals surface area contributed by atoms with Crippen LogP contribution in [0.2, 0.25) is 5.02 Å². The van der Waals surface area contributed by atoms with E-state index in [1.165, 1.54) is 24.5 Å². The monoisotopic (exact) mass is 556 g/mol. The van der Waals surface area contributed by atoms with Crippen molar-refractivity contribution in [3.05, 3.63) is 87.4 Å². The van der Waals surface area contributed by atoms with Gasteiger partial charge in [-0.25, -0.2) is 4.98 Å². The molecule has 7 nitrogen and oxygen atoms in total. The van der Waals surface area contributed by atoms with E-state index in [4.69, 9.17) is 16.3 Å². The van der Waals surface area contributed by atoms with E-state index in [-0.39, 0.29) is 11.7 Å². The summed E-state index contributed by atoms with van der Waals surface area (Å²) in [5.41, 5.74) is 5.53. The molecule has 0 saturated carbocycles. The highest BCUT2D eigenvalue weighted by Gasteiger charge is 2.17. The second kappa shape index (κ2) is 10.7. The summed E-state index contributed by atoms with van der Waals surface area (Å²) < 4.78 is 6.00. The van der Waals surface area contributed by atoms with Gasteiger partial charge < -0.3 is 15.2 Å². The molecule has 0 saturated heterocycles. The van der Waals surface area contributed by atoms with E-state index in [2.05, 4.69) is 36.8 Å². The zero-order valence-electron chi connectivity index (χ0n) is 17.8. The van der Waals surface area contributed by atoms with Gasteiger partial charge in [0.2, 0.25) is 5.13 Å². The van der Waals surface area contributed by atoms with Crippen LogP contribution in [0.3, 0.4) is 0 Å². The largest absolute Gasteiger partial charge is 0.504 e. The first-order valence-corrected chi connectivity index (χ1v) is 11.9. The first-order chi connectivity index (χ1) is 16.4. The predicted molar refractivity (Wildman–Crippen MR) is 141 cm³/mol. The van der Waals surface area contributed by atoms with Crippen LogP contribution in [-0.2, 0) is 0 Å². The summed E-state index contributed by atoms with van der Waals surface area (Å²) in [6, 6.07) is 19.2. The van der Waals surface area contributed by atoms with E-state index < -0.39 is 0 Å². The van der Waals surface area contributed by atoms with Gasteiger partial charge in [0.05, 0.1) is 13.3 Å². The average Bonchev–Trinajstić information content (AvgIpc) is 3.23. The third-order valence-corrected chi connectivity index (χ3v) is 6.31. The predicted octanol–water partition coefficient (Wildman–Crippen LogP) is 6.64. The molecule has 0 unspecified atom stereocenters. The van der Waals surface area contributed by atoms with Gasteiger partial charge in [-0.05, 0) is 60.2 Å². The van der Waals surface area contributed by atoms with Crippen LogP contribution in [0.5, 0.6) is 11.5 Å². The zero-order chi connectivity index (χ0) is 24.1. The Kier molecular flexibility index (Phi) is 7.46. The number of aromatic nitrogens is 1. The minimum absolute atomic E-state index is 0.0475. The number of methoxy groups -OCH3 is 1. The molecular formula is C24H18BrClN4O3S. The van der Waals surface area contributed by atoms with Crippen molar-refractivity contribution in [1.82, 2.24) is 4.98 Å². The first kappa shape index (κ1) is 23.7. The number of carbonyl (C=O) groups excluding carboxylic acids is 1. The quantitative estimate of drug-likeness (QED) is 0.175. The third-order valence-electron chi connectivity index (χ3n) is 4.66. The Bertz CT molecular complexity index is 1340. The molecule has 0 bridgehead atoms. The first-order valence-electron chi connectivity index (χ1n) is 9.92. The van der Waals surface area contributed by atoms with Gasteiger partial charge in [0, 0.05) is 20.6 Å². The number of anilines is 2. The summed E-state index contributed by atoms with van der Waals surface area (Å²) in [5.74, 6) is 0.144. The number of halogens is 2. The number of hydrogen-bond acceptors (Lipinski definition) is 7. The number of ether oxygens (including phenoxy) is 1. The smallest absolute Gasteiger partial charge is 0.256 e. The maximum absolute atomic E-state index is 12.8. The zero-order valence-corrected chi connectivity index (χ0v) is 20.9. The molecule has 3 N–H and O–H groups in total. The lowest BCUT2D eigenvalue weighted by atomic mass is 10.1. The maximum Gasteiger partial charge on any atom is 0.256 e. The molecule has 4 aromatic rings. The summed E-state index contributed by atoms with van der Waals surface area (Å²) in [7, 11) is 1.48. The molecule has 34 heavy (non-hydrogen) atoms. The van der Waals surface area contributed by atoms with Crippen molar-refractivity contribution in [3.63, 3.8) is 0 Å². The highest BCUT2D eigenvalue weighted by atomic mass is 79.9. The van der Waals surface area contributed by atoms with Crippen LogP contribution >= 0.6 is 38.9 Å². The molecule has 4 rings (SSSR count). The van der Waals surface area contributed by atoms with Crippen LogP contribution < -0.4 is 15.5 Å². The molecule has 1 aromatic heterocycles. The van der Waals surface area contributed by atoms with Crippen molar-refractivity contribution in [3.8, 4) is 22.8 Å². The number of thiazole rings is 1. The molecule has 0 aliphatic carbocycles. The van der Waals surface area contributed by atoms with Gasteiger partial charge in [-0.1, -0.05) is 51.0 Å². The topological polar surface area (TPSA) is 95.8 Å². The standard InChI is InChI=1S/C24H18BrClN4O3S/c1-33-20-12-14(2-11-19(20)31)13-27-30-24-28-21(15-5-9-18(26)10-6-15)23(34-24)29-22(32)16-3-7-17(25)8-4-16/h2-13,31H,1H3,(H,28,30)(H,29,32)/b27-13-. The molecular weight excluding hydrogens is 540 g/mol. The van der Waals surface area contributed by atoms with Gasteiger partial charge in [-0.2, -0.15) is 5.10 Å². The number of amides is 1. The SMILES string of the molecule is COc1cc(/C=N\Nc2nc(-c3ccc(Cl)cc3)c(NC(=O)c3ccc(Br)cc3)s2)ccc1O. The third kappa shape index (κ3) is 5.74. The number of carbonyl (C=O) groups is 1. The lowest BCUT2D eigenvalue weighted by Gasteiger charge is -2.06. The lowest BCUT2D eigenvalue weighted by molar-refractivity contribution is 0.102. The second-order valence-corrected chi connectivity index (χ2v) is 9.32. The fourth-order valence-electron chi connectivity index (χ4n) is 2.97. The fraction of sp³-hybridized carbons (Fsp3) is 0.0417. The van der Waals surface area contributed by atoms with Crippen molar-refractivity contribution in [2.24, 2.45) is 5.10 Å². The Hall–Kier alpha value is -3.40. The Morgan fingerprint density at radius 2 is 1.88 bits per heavy atom. The molecule has 0 fully saturated rings. The van der Waals surface area contributed by atoms with Crippen molar-refractivity contribution in [2.45, 2.75) is 0 Å². The number of hydrogen-bond donors (Lipinski definition) is 3. The van der Waals surface area contributed by atoms with Crippen LogP contribution in [0.25, 0.3) is 11.3 Å². The van der Waals surface area contributed by atoms with Crippen molar-refractivity contribution >= 4 is 61.1 Å². The minimum Gasteiger partial charge on any atom is -0.504 e. The molecule has 0 spiro atoms. The van der Waals surface area contributed by atoms with Gasteiger partial charge in [0.25, 0.3) is 5.91 Å². The van der Waals surface area contributed by atoms with Gasteiger partial charge >= 0.3 is 0 Å². The van der Waals surface area contributed by atoms with Crippen LogP contribution in [0.4, 0.5) is 10.1 Å². The van der Waals surface area contributed by atoms with Gasteiger partial charge in [-0.3, -0.25) is 10.2 Å². The number of rotatable bonds is 7. The molecule has 0 aliphatic heterocycles. The summed E-state index contributed by atoms with van der Waals surface area (Å²) >= 11 is 10.7. The Morgan fingerprint density at radius 1 is 1.15 bits per heavy atom. The van der Waals surface area contributed by atoms with Crippen molar-refractivity contribution < 1.29 is 14.6 Å². The van der Waals surface area contributed by atoms with E-state index in [1.807, 2.05) is 24.3 Å². The summed E-state index contributed by atoms with van der Waals surface area (Å²) in [5, 5.41) is 18.5. The van der Waals surface area contributed by atoms with Gasteiger partial charge in [0.1, 0.15) is 10.7 Å². The van der Waals surface area contributed by atoms with E-state index in [1.54, 1.807) is 42.6 Å². The Morgan fingerprint density at radius 3 is 2.59 bits per heavy atom. The number of aromatic hydroxyl groups is 1. The molecule has 0 aliphatic rings. The Balaban J connectivity index is 1.59. The van der Waals surface area contributed by atoms with E-state index in [9.17, 15) is 9.90 Å². The second-order valence-electron chi connectivity index (χ2n) is 6.97. The van der Waals surface area contributed by atoms with Crippen molar-refractivity contribution in [1.29, 1.82) is 0 Å². The molecule has 0 radical (unpaired) electrons. The maximum atomic E-state index is 12.8. The molecule has 1 heterocycles. The number of phenols is 1. The van der Waals surface area contributed by atoms with E-state index >= 15 is 0 Å². The summed E-state index contributed by atoms with van der Waals surface area (Å²) in [6.07, 6.45) is 1.57. The van der Waals surface area contributed by atoms with E-state index in [0.717, 1.165) is 15.6 Å².